The van der Waals surface area contributed by atoms with Gasteiger partial charge in [-0.2, -0.15) is 4.37 Å². The van der Waals surface area contributed by atoms with E-state index in [4.69, 9.17) is 11.5 Å². The number of carbonyl (C=O) groups excluding carboxylic acids is 1. The molecule has 2 aromatic rings. The van der Waals surface area contributed by atoms with Crippen LogP contribution in [0.5, 0.6) is 0 Å². The third-order valence-electron chi connectivity index (χ3n) is 3.59. The number of anilines is 1. The van der Waals surface area contributed by atoms with Crippen molar-refractivity contribution in [3.05, 3.63) is 33.7 Å². The van der Waals surface area contributed by atoms with E-state index in [0.717, 1.165) is 28.2 Å². The molecule has 0 fully saturated rings. The standard InChI is InChI=1S/C16H21N3OS/c1-8-6-10(16(3,4)5)7-9(2)11(8)13-12(17)14(15(18)20)21-19-13/h6-7H,17H2,1-5H3,(H2,18,20). The predicted octanol–water partition coefficient (Wildman–Crippen LogP) is 3.41. The highest BCUT2D eigenvalue weighted by molar-refractivity contribution is 7.09. The summed E-state index contributed by atoms with van der Waals surface area (Å²) < 4.78 is 4.34. The number of nitrogens with two attached hydrogens (primary N) is 2. The lowest BCUT2D eigenvalue weighted by molar-refractivity contribution is 0.100. The molecule has 0 spiro atoms. The van der Waals surface area contributed by atoms with Crippen molar-refractivity contribution < 1.29 is 4.79 Å². The Morgan fingerprint density at radius 1 is 1.19 bits per heavy atom. The molecule has 1 amide bonds. The molecule has 0 aliphatic heterocycles. The SMILES string of the molecule is Cc1cc(C(C)(C)C)cc(C)c1-c1nsc(C(N)=O)c1N. The largest absolute Gasteiger partial charge is 0.396 e. The summed E-state index contributed by atoms with van der Waals surface area (Å²) in [6.07, 6.45) is 0. The summed E-state index contributed by atoms with van der Waals surface area (Å²) in [7, 11) is 0. The van der Waals surface area contributed by atoms with E-state index in [1.165, 1.54) is 5.56 Å². The Labute approximate surface area is 129 Å². The third-order valence-corrected chi connectivity index (χ3v) is 4.46. The van der Waals surface area contributed by atoms with Crippen molar-refractivity contribution in [2.24, 2.45) is 5.73 Å². The predicted molar refractivity (Wildman–Crippen MR) is 88.7 cm³/mol. The lowest BCUT2D eigenvalue weighted by atomic mass is 9.83. The normalized spacial score (nSPS) is 11.7. The van der Waals surface area contributed by atoms with Gasteiger partial charge in [-0.15, -0.1) is 0 Å². The van der Waals surface area contributed by atoms with E-state index in [9.17, 15) is 4.79 Å². The summed E-state index contributed by atoms with van der Waals surface area (Å²) in [5.41, 5.74) is 16.9. The average Bonchev–Trinajstić information content (AvgIpc) is 2.69. The molecular weight excluding hydrogens is 282 g/mol. The average molecular weight is 303 g/mol. The molecule has 4 N–H and O–H groups in total. The first-order chi connectivity index (χ1) is 9.62. The lowest BCUT2D eigenvalue weighted by Crippen LogP contribution is -2.12. The summed E-state index contributed by atoms with van der Waals surface area (Å²) in [4.78, 5) is 11.7. The third kappa shape index (κ3) is 2.78. The molecule has 1 aromatic heterocycles. The minimum Gasteiger partial charge on any atom is -0.396 e. The van der Waals surface area contributed by atoms with Crippen LogP contribution in [0.1, 0.15) is 47.1 Å². The van der Waals surface area contributed by atoms with Gasteiger partial charge in [0, 0.05) is 5.56 Å². The molecule has 0 atom stereocenters. The van der Waals surface area contributed by atoms with Crippen molar-refractivity contribution >= 4 is 23.1 Å². The van der Waals surface area contributed by atoms with Crippen LogP contribution in [-0.4, -0.2) is 10.3 Å². The highest BCUT2D eigenvalue weighted by atomic mass is 32.1. The second-order valence-corrected chi connectivity index (χ2v) is 7.15. The van der Waals surface area contributed by atoms with Gasteiger partial charge >= 0.3 is 0 Å². The van der Waals surface area contributed by atoms with Crippen LogP contribution in [0, 0.1) is 13.8 Å². The van der Waals surface area contributed by atoms with Crippen LogP contribution >= 0.6 is 11.5 Å². The van der Waals surface area contributed by atoms with Crippen molar-refractivity contribution in [2.45, 2.75) is 40.0 Å². The summed E-state index contributed by atoms with van der Waals surface area (Å²) in [6.45, 7) is 10.6. The number of hydrogen-bond acceptors (Lipinski definition) is 4. The number of rotatable bonds is 2. The molecular formula is C16H21N3OS. The minimum absolute atomic E-state index is 0.0834. The van der Waals surface area contributed by atoms with E-state index in [2.05, 4.69) is 37.3 Å². The van der Waals surface area contributed by atoms with E-state index in [0.29, 0.717) is 16.3 Å². The fraction of sp³-hybridized carbons (Fsp3) is 0.375. The van der Waals surface area contributed by atoms with Gasteiger partial charge in [-0.1, -0.05) is 32.9 Å². The maximum atomic E-state index is 11.3. The van der Waals surface area contributed by atoms with Crippen molar-refractivity contribution in [3.63, 3.8) is 0 Å². The zero-order chi connectivity index (χ0) is 15.9. The zero-order valence-corrected chi connectivity index (χ0v) is 13.9. The molecule has 4 nitrogen and oxygen atoms in total. The van der Waals surface area contributed by atoms with E-state index in [1.54, 1.807) is 0 Å². The van der Waals surface area contributed by atoms with Crippen LogP contribution in [0.2, 0.25) is 0 Å². The van der Waals surface area contributed by atoms with E-state index >= 15 is 0 Å². The molecule has 0 aliphatic rings. The maximum absolute atomic E-state index is 11.3. The van der Waals surface area contributed by atoms with Crippen LogP contribution in [0.15, 0.2) is 12.1 Å². The first kappa shape index (κ1) is 15.5. The number of aryl methyl sites for hydroxylation is 2. The number of primary amides is 1. The molecule has 0 saturated heterocycles. The summed E-state index contributed by atoms with van der Waals surface area (Å²) in [5.74, 6) is -0.530. The number of carbonyl (C=O) groups is 1. The first-order valence-corrected chi connectivity index (χ1v) is 7.57. The van der Waals surface area contributed by atoms with Crippen LogP contribution in [0.25, 0.3) is 11.3 Å². The van der Waals surface area contributed by atoms with Crippen molar-refractivity contribution in [1.29, 1.82) is 0 Å². The molecule has 0 bridgehead atoms. The van der Waals surface area contributed by atoms with Gasteiger partial charge in [0.2, 0.25) is 0 Å². The number of nitrogens with zero attached hydrogens (tertiary/aromatic N) is 1. The fourth-order valence-corrected chi connectivity index (χ4v) is 3.08. The number of amides is 1. The van der Waals surface area contributed by atoms with Gasteiger partial charge in [0.15, 0.2) is 0 Å². The Kier molecular flexibility index (Phi) is 3.80. The molecule has 1 aromatic carbocycles. The number of hydrogen-bond donors (Lipinski definition) is 2. The van der Waals surface area contributed by atoms with Gasteiger partial charge in [0.05, 0.1) is 5.69 Å². The zero-order valence-electron chi connectivity index (χ0n) is 13.1. The van der Waals surface area contributed by atoms with Gasteiger partial charge in [-0.3, -0.25) is 4.79 Å². The topological polar surface area (TPSA) is 82.0 Å². The second kappa shape index (κ2) is 5.15. The van der Waals surface area contributed by atoms with E-state index < -0.39 is 5.91 Å². The van der Waals surface area contributed by atoms with E-state index in [-0.39, 0.29) is 5.41 Å². The second-order valence-electron chi connectivity index (χ2n) is 6.37. The Morgan fingerprint density at radius 2 is 1.71 bits per heavy atom. The lowest BCUT2D eigenvalue weighted by Gasteiger charge is -2.22. The molecule has 5 heteroatoms. The van der Waals surface area contributed by atoms with Crippen LogP contribution in [-0.2, 0) is 5.41 Å². The Bertz CT molecular complexity index is 688. The summed E-state index contributed by atoms with van der Waals surface area (Å²) in [6, 6.07) is 4.32. The van der Waals surface area contributed by atoms with Crippen LogP contribution in [0.3, 0.4) is 0 Å². The summed E-state index contributed by atoms with van der Waals surface area (Å²) in [5, 5.41) is 0. The molecule has 112 valence electrons. The maximum Gasteiger partial charge on any atom is 0.262 e. The van der Waals surface area contributed by atoms with Gasteiger partial charge in [-0.25, -0.2) is 0 Å². The van der Waals surface area contributed by atoms with Gasteiger partial charge in [0.1, 0.15) is 10.6 Å². The highest BCUT2D eigenvalue weighted by Gasteiger charge is 2.21. The minimum atomic E-state index is -0.530. The molecule has 2 rings (SSSR count). The Balaban J connectivity index is 2.63. The monoisotopic (exact) mass is 303 g/mol. The highest BCUT2D eigenvalue weighted by Crippen LogP contribution is 2.37. The Hall–Kier alpha value is -1.88. The molecule has 0 aliphatic carbocycles. The van der Waals surface area contributed by atoms with Crippen LogP contribution < -0.4 is 11.5 Å². The molecule has 0 radical (unpaired) electrons. The molecule has 0 saturated carbocycles. The fourth-order valence-electron chi connectivity index (χ4n) is 2.43. The van der Waals surface area contributed by atoms with Crippen molar-refractivity contribution in [2.75, 3.05) is 5.73 Å². The molecule has 21 heavy (non-hydrogen) atoms. The molecule has 0 unspecified atom stereocenters. The first-order valence-electron chi connectivity index (χ1n) is 6.80. The van der Waals surface area contributed by atoms with E-state index in [1.807, 2.05) is 13.8 Å². The van der Waals surface area contributed by atoms with Gasteiger partial charge in [-0.05, 0) is 47.5 Å². The quantitative estimate of drug-likeness (QED) is 0.892. The van der Waals surface area contributed by atoms with Crippen LogP contribution in [0.4, 0.5) is 5.69 Å². The van der Waals surface area contributed by atoms with Gasteiger partial charge < -0.3 is 11.5 Å². The smallest absolute Gasteiger partial charge is 0.262 e. The van der Waals surface area contributed by atoms with Gasteiger partial charge in [0.25, 0.3) is 5.91 Å². The number of benzene rings is 1. The molecule has 1 heterocycles. The van der Waals surface area contributed by atoms with Crippen molar-refractivity contribution in [3.8, 4) is 11.3 Å². The Morgan fingerprint density at radius 3 is 2.10 bits per heavy atom. The number of aromatic nitrogens is 1. The number of nitrogen functional groups attached to an aromatic ring is 1. The summed E-state index contributed by atoms with van der Waals surface area (Å²) >= 11 is 1.06. The van der Waals surface area contributed by atoms with Crippen molar-refractivity contribution in [1.82, 2.24) is 4.37 Å².